The molecule has 3 atom stereocenters. The Hall–Kier alpha value is -0.0900. The van der Waals surface area contributed by atoms with Gasteiger partial charge >= 0.3 is 0 Å². The lowest BCUT2D eigenvalue weighted by atomic mass is 9.84. The number of hydrogen-bond acceptors (Lipinski definition) is 3. The van der Waals surface area contributed by atoms with Crippen molar-refractivity contribution in [1.82, 2.24) is 5.32 Å². The Morgan fingerprint density at radius 2 is 1.76 bits per heavy atom. The Labute approximate surface area is 131 Å². The van der Waals surface area contributed by atoms with Crippen molar-refractivity contribution in [2.45, 2.75) is 82.9 Å². The summed E-state index contributed by atoms with van der Waals surface area (Å²) in [5.41, 5.74) is 0. The molecule has 0 aromatic carbocycles. The summed E-state index contributed by atoms with van der Waals surface area (Å²) in [6.45, 7) is 5.16. The third-order valence-electron chi connectivity index (χ3n) is 5.49. The summed E-state index contributed by atoms with van der Waals surface area (Å²) >= 11 is 0. The smallest absolute Gasteiger partial charge is 0.154 e. The summed E-state index contributed by atoms with van der Waals surface area (Å²) in [7, 11) is -2.95. The summed E-state index contributed by atoms with van der Waals surface area (Å²) < 4.78 is 25.6. The van der Waals surface area contributed by atoms with Crippen LogP contribution in [0.5, 0.6) is 0 Å². The SMILES string of the molecule is CCNC(CS(=O)(=O)C1CCCC(C)C1)C1CCCCC1. The summed E-state index contributed by atoms with van der Waals surface area (Å²) in [4.78, 5) is 0. The van der Waals surface area contributed by atoms with Crippen molar-refractivity contribution in [2.24, 2.45) is 11.8 Å². The van der Waals surface area contributed by atoms with Crippen LogP contribution in [0.3, 0.4) is 0 Å². The normalized spacial score (nSPS) is 30.2. The third kappa shape index (κ3) is 4.95. The average molecular weight is 316 g/mol. The van der Waals surface area contributed by atoms with Gasteiger partial charge in [-0.1, -0.05) is 46.0 Å². The molecule has 0 saturated heterocycles. The standard InChI is InChI=1S/C17H33NO2S/c1-3-18-17(15-9-5-4-6-10-15)13-21(19,20)16-11-7-8-14(2)12-16/h14-18H,3-13H2,1-2H3. The van der Waals surface area contributed by atoms with Gasteiger partial charge in [0.2, 0.25) is 0 Å². The minimum atomic E-state index is -2.95. The highest BCUT2D eigenvalue weighted by Gasteiger charge is 2.34. The van der Waals surface area contributed by atoms with Crippen LogP contribution in [0.15, 0.2) is 0 Å². The first-order valence-electron chi connectivity index (χ1n) is 8.98. The van der Waals surface area contributed by atoms with E-state index in [1.54, 1.807) is 0 Å². The molecule has 2 saturated carbocycles. The monoisotopic (exact) mass is 315 g/mol. The molecule has 2 rings (SSSR count). The van der Waals surface area contributed by atoms with E-state index in [-0.39, 0.29) is 11.3 Å². The van der Waals surface area contributed by atoms with E-state index in [1.807, 2.05) is 0 Å². The molecule has 0 heterocycles. The maximum absolute atomic E-state index is 12.8. The van der Waals surface area contributed by atoms with Crippen molar-refractivity contribution in [3.8, 4) is 0 Å². The second kappa shape index (κ2) is 7.96. The quantitative estimate of drug-likeness (QED) is 0.815. The number of rotatable bonds is 6. The van der Waals surface area contributed by atoms with Gasteiger partial charge in [0, 0.05) is 6.04 Å². The molecule has 2 aliphatic carbocycles. The zero-order chi connectivity index (χ0) is 15.3. The van der Waals surface area contributed by atoms with E-state index in [0.717, 1.165) is 25.8 Å². The Kier molecular flexibility index (Phi) is 6.54. The molecule has 124 valence electrons. The van der Waals surface area contributed by atoms with Crippen LogP contribution in [0, 0.1) is 11.8 Å². The first kappa shape index (κ1) is 17.3. The predicted octanol–water partition coefficient (Wildman–Crippen LogP) is 3.54. The second-order valence-corrected chi connectivity index (χ2v) is 9.61. The minimum Gasteiger partial charge on any atom is -0.313 e. The second-order valence-electron chi connectivity index (χ2n) is 7.29. The lowest BCUT2D eigenvalue weighted by molar-refractivity contribution is 0.284. The summed E-state index contributed by atoms with van der Waals surface area (Å²) in [6, 6.07) is 0.178. The Morgan fingerprint density at radius 1 is 1.05 bits per heavy atom. The first-order chi connectivity index (χ1) is 10.0. The van der Waals surface area contributed by atoms with Crippen LogP contribution in [-0.2, 0) is 9.84 Å². The first-order valence-corrected chi connectivity index (χ1v) is 10.7. The zero-order valence-electron chi connectivity index (χ0n) is 13.8. The molecule has 4 heteroatoms. The van der Waals surface area contributed by atoms with E-state index in [9.17, 15) is 8.42 Å². The molecule has 3 unspecified atom stereocenters. The highest BCUT2D eigenvalue weighted by molar-refractivity contribution is 7.92. The fourth-order valence-corrected chi connectivity index (χ4v) is 6.56. The van der Waals surface area contributed by atoms with Gasteiger partial charge in [0.05, 0.1) is 11.0 Å². The van der Waals surface area contributed by atoms with Crippen molar-refractivity contribution in [2.75, 3.05) is 12.3 Å². The maximum Gasteiger partial charge on any atom is 0.154 e. The fourth-order valence-electron chi connectivity index (χ4n) is 4.25. The molecular weight excluding hydrogens is 282 g/mol. The molecule has 0 aliphatic heterocycles. The minimum absolute atomic E-state index is 0.0778. The van der Waals surface area contributed by atoms with E-state index >= 15 is 0 Å². The Morgan fingerprint density at radius 3 is 2.38 bits per heavy atom. The van der Waals surface area contributed by atoms with Crippen LogP contribution in [0.25, 0.3) is 0 Å². The molecule has 2 fully saturated rings. The zero-order valence-corrected chi connectivity index (χ0v) is 14.6. The topological polar surface area (TPSA) is 46.2 Å². The maximum atomic E-state index is 12.8. The van der Waals surface area contributed by atoms with Gasteiger partial charge in [-0.15, -0.1) is 0 Å². The van der Waals surface area contributed by atoms with E-state index in [2.05, 4.69) is 19.2 Å². The van der Waals surface area contributed by atoms with Crippen molar-refractivity contribution in [3.05, 3.63) is 0 Å². The molecule has 0 bridgehead atoms. The molecular formula is C17H33NO2S. The molecule has 2 aliphatic rings. The van der Waals surface area contributed by atoms with Gasteiger partial charge in [0.15, 0.2) is 9.84 Å². The number of hydrogen-bond donors (Lipinski definition) is 1. The molecule has 0 aromatic heterocycles. The molecule has 0 aromatic rings. The predicted molar refractivity (Wildman–Crippen MR) is 89.2 cm³/mol. The Balaban J connectivity index is 2.00. The number of nitrogens with one attached hydrogen (secondary N) is 1. The van der Waals surface area contributed by atoms with Crippen LogP contribution in [0.2, 0.25) is 0 Å². The van der Waals surface area contributed by atoms with Crippen molar-refractivity contribution >= 4 is 9.84 Å². The molecule has 21 heavy (non-hydrogen) atoms. The van der Waals surface area contributed by atoms with Crippen LogP contribution < -0.4 is 5.32 Å². The van der Waals surface area contributed by atoms with Crippen molar-refractivity contribution < 1.29 is 8.42 Å². The fraction of sp³-hybridized carbons (Fsp3) is 1.00. The Bertz CT molecular complexity index is 401. The lowest BCUT2D eigenvalue weighted by Crippen LogP contribution is -2.45. The molecule has 3 nitrogen and oxygen atoms in total. The van der Waals surface area contributed by atoms with Crippen LogP contribution >= 0.6 is 0 Å². The van der Waals surface area contributed by atoms with Gasteiger partial charge in [-0.05, 0) is 44.1 Å². The van der Waals surface area contributed by atoms with E-state index < -0.39 is 9.84 Å². The van der Waals surface area contributed by atoms with Gasteiger partial charge < -0.3 is 5.32 Å². The average Bonchev–Trinajstić information content (AvgIpc) is 2.47. The highest BCUT2D eigenvalue weighted by atomic mass is 32.2. The largest absolute Gasteiger partial charge is 0.313 e. The molecule has 0 spiro atoms. The third-order valence-corrected chi connectivity index (χ3v) is 7.76. The summed E-state index contributed by atoms with van der Waals surface area (Å²) in [6.07, 6.45) is 10.3. The van der Waals surface area contributed by atoms with Crippen LogP contribution in [-0.4, -0.2) is 32.0 Å². The lowest BCUT2D eigenvalue weighted by Gasteiger charge is -2.33. The van der Waals surface area contributed by atoms with Gasteiger partial charge in [0.1, 0.15) is 0 Å². The van der Waals surface area contributed by atoms with E-state index in [4.69, 9.17) is 0 Å². The van der Waals surface area contributed by atoms with Gasteiger partial charge in [-0.2, -0.15) is 0 Å². The van der Waals surface area contributed by atoms with Gasteiger partial charge in [-0.25, -0.2) is 8.42 Å². The van der Waals surface area contributed by atoms with Crippen molar-refractivity contribution in [3.63, 3.8) is 0 Å². The van der Waals surface area contributed by atoms with Gasteiger partial charge in [-0.3, -0.25) is 0 Å². The molecule has 1 N–H and O–H groups in total. The van der Waals surface area contributed by atoms with E-state index in [1.165, 1.54) is 38.5 Å². The summed E-state index contributed by atoms with van der Waals surface area (Å²) in [5, 5.41) is 3.40. The highest BCUT2D eigenvalue weighted by Crippen LogP contribution is 2.31. The van der Waals surface area contributed by atoms with Crippen LogP contribution in [0.1, 0.15) is 71.6 Å². The van der Waals surface area contributed by atoms with E-state index in [0.29, 0.717) is 17.6 Å². The molecule has 0 amide bonds. The molecule has 0 radical (unpaired) electrons. The van der Waals surface area contributed by atoms with Gasteiger partial charge in [0.25, 0.3) is 0 Å². The number of sulfone groups is 1. The van der Waals surface area contributed by atoms with Crippen LogP contribution in [0.4, 0.5) is 0 Å². The summed E-state index contributed by atoms with van der Waals surface area (Å²) in [5.74, 6) is 1.50. The van der Waals surface area contributed by atoms with Crippen molar-refractivity contribution in [1.29, 1.82) is 0 Å².